The molecule has 0 bridgehead atoms. The molecule has 1 aliphatic rings. The molecule has 1 saturated heterocycles. The average molecular weight is 512 g/mol. The van der Waals surface area contributed by atoms with Crippen LogP contribution in [0.15, 0.2) is 61.2 Å². The van der Waals surface area contributed by atoms with Crippen molar-refractivity contribution in [3.05, 3.63) is 72.3 Å². The van der Waals surface area contributed by atoms with Crippen molar-refractivity contribution in [3.8, 4) is 11.3 Å². The first-order chi connectivity index (χ1) is 18.5. The highest BCUT2D eigenvalue weighted by molar-refractivity contribution is 6.06. The van der Waals surface area contributed by atoms with Gasteiger partial charge in [-0.25, -0.2) is 15.0 Å². The fraction of sp³-hybridized carbons (Fsp3) is 0.345. The first-order valence-electron chi connectivity index (χ1n) is 13.0. The van der Waals surface area contributed by atoms with E-state index in [2.05, 4.69) is 55.4 Å². The van der Waals surface area contributed by atoms with Gasteiger partial charge in [-0.15, -0.1) is 0 Å². The van der Waals surface area contributed by atoms with E-state index in [0.717, 1.165) is 52.4 Å². The smallest absolute Gasteiger partial charge is 0.251 e. The number of hydrogen-bond acceptors (Lipinski definition) is 8. The molecule has 1 aromatic carbocycles. The molecule has 0 radical (unpaired) electrons. The molecular weight excluding hydrogens is 478 g/mol. The highest BCUT2D eigenvalue weighted by Crippen LogP contribution is 2.31. The number of fused-ring (bicyclic) bond motifs is 1. The summed E-state index contributed by atoms with van der Waals surface area (Å²) in [7, 11) is 1.64. The van der Waals surface area contributed by atoms with Crippen LogP contribution >= 0.6 is 0 Å². The summed E-state index contributed by atoms with van der Waals surface area (Å²) in [5, 5.41) is 16.3. The number of aliphatic hydroxyl groups is 1. The number of anilines is 2. The first kappa shape index (κ1) is 25.5. The van der Waals surface area contributed by atoms with Crippen molar-refractivity contribution in [3.63, 3.8) is 0 Å². The third-order valence-electron chi connectivity index (χ3n) is 7.47. The molecule has 9 heteroatoms. The van der Waals surface area contributed by atoms with Gasteiger partial charge in [0, 0.05) is 68.6 Å². The Balaban J connectivity index is 1.26. The van der Waals surface area contributed by atoms with E-state index >= 15 is 0 Å². The van der Waals surface area contributed by atoms with Gasteiger partial charge in [-0.3, -0.25) is 9.78 Å². The largest absolute Gasteiger partial charge is 0.396 e. The minimum absolute atomic E-state index is 0.114. The SMILES string of the molecule is CNC(=O)c1ccnc2c(C(C)[C@H](C)CNc3cc(-c4ccc(N5CC(CO)C5)nc4)ncn3)cccc12. The Morgan fingerprint density at radius 1 is 1.11 bits per heavy atom. The molecule has 3 aromatic heterocycles. The molecule has 5 rings (SSSR count). The third kappa shape index (κ3) is 5.15. The summed E-state index contributed by atoms with van der Waals surface area (Å²) in [4.78, 5) is 32.6. The summed E-state index contributed by atoms with van der Waals surface area (Å²) in [6, 6.07) is 13.7. The number of nitrogens with zero attached hydrogens (tertiary/aromatic N) is 5. The quantitative estimate of drug-likeness (QED) is 0.311. The van der Waals surface area contributed by atoms with Crippen LogP contribution in [0.1, 0.15) is 35.7 Å². The Hall–Kier alpha value is -4.11. The number of hydrogen-bond donors (Lipinski definition) is 3. The number of carbonyl (C=O) groups is 1. The topological polar surface area (TPSA) is 116 Å². The number of para-hydroxylation sites is 1. The van der Waals surface area contributed by atoms with Crippen molar-refractivity contribution in [1.82, 2.24) is 25.3 Å². The van der Waals surface area contributed by atoms with Crippen molar-refractivity contribution < 1.29 is 9.90 Å². The van der Waals surface area contributed by atoms with Gasteiger partial charge in [-0.05, 0) is 35.6 Å². The second-order valence-corrected chi connectivity index (χ2v) is 9.98. The zero-order chi connectivity index (χ0) is 26.6. The van der Waals surface area contributed by atoms with Crippen LogP contribution < -0.4 is 15.5 Å². The van der Waals surface area contributed by atoms with Crippen LogP contribution in [0.3, 0.4) is 0 Å². The second-order valence-electron chi connectivity index (χ2n) is 9.98. The van der Waals surface area contributed by atoms with Crippen LogP contribution in [0.25, 0.3) is 22.2 Å². The summed E-state index contributed by atoms with van der Waals surface area (Å²) >= 11 is 0. The number of aliphatic hydroxyl groups excluding tert-OH is 1. The van der Waals surface area contributed by atoms with Crippen LogP contribution in [0, 0.1) is 11.8 Å². The number of aromatic nitrogens is 4. The summed E-state index contributed by atoms with van der Waals surface area (Å²) in [5.41, 5.74) is 4.34. The molecule has 4 heterocycles. The van der Waals surface area contributed by atoms with Gasteiger partial charge in [-0.1, -0.05) is 32.0 Å². The fourth-order valence-electron chi connectivity index (χ4n) is 4.86. The lowest BCUT2D eigenvalue weighted by Crippen LogP contribution is -2.48. The normalized spacial score (nSPS) is 15.1. The van der Waals surface area contributed by atoms with Gasteiger partial charge in [0.15, 0.2) is 0 Å². The molecule has 38 heavy (non-hydrogen) atoms. The van der Waals surface area contributed by atoms with Crippen LogP contribution in [0.5, 0.6) is 0 Å². The Kier molecular flexibility index (Phi) is 7.46. The van der Waals surface area contributed by atoms with Gasteiger partial charge in [0.2, 0.25) is 0 Å². The maximum Gasteiger partial charge on any atom is 0.251 e. The fourth-order valence-corrected chi connectivity index (χ4v) is 4.86. The van der Waals surface area contributed by atoms with Crippen molar-refractivity contribution in [1.29, 1.82) is 0 Å². The number of rotatable bonds is 9. The minimum Gasteiger partial charge on any atom is -0.396 e. The van der Waals surface area contributed by atoms with E-state index in [9.17, 15) is 9.90 Å². The first-order valence-corrected chi connectivity index (χ1v) is 13.0. The lowest BCUT2D eigenvalue weighted by molar-refractivity contribution is 0.0964. The van der Waals surface area contributed by atoms with E-state index in [1.165, 1.54) is 0 Å². The van der Waals surface area contributed by atoms with E-state index < -0.39 is 0 Å². The zero-order valence-electron chi connectivity index (χ0n) is 21.9. The Bertz CT molecular complexity index is 1420. The molecule has 1 fully saturated rings. The lowest BCUT2D eigenvalue weighted by atomic mass is 9.87. The Labute approximate surface area is 222 Å². The Morgan fingerprint density at radius 3 is 2.68 bits per heavy atom. The number of benzene rings is 1. The number of amides is 1. The van der Waals surface area contributed by atoms with Gasteiger partial charge in [0.1, 0.15) is 18.0 Å². The summed E-state index contributed by atoms with van der Waals surface area (Å²) < 4.78 is 0. The van der Waals surface area contributed by atoms with Gasteiger partial charge in [0.25, 0.3) is 5.91 Å². The molecule has 3 N–H and O–H groups in total. The summed E-state index contributed by atoms with van der Waals surface area (Å²) in [6.45, 7) is 6.99. The van der Waals surface area contributed by atoms with Gasteiger partial charge in [0.05, 0.1) is 16.8 Å². The standard InChI is InChI=1S/C29H33N7O2/c1-18(19(2)22-5-4-6-23-24(29(38)30-3)9-10-31-28(22)23)12-32-26-11-25(34-17-35-26)21-7-8-27(33-13-21)36-14-20(15-36)16-37/h4-11,13,17-20,37H,12,14-16H2,1-3H3,(H,30,38)(H,32,34,35)/t18-,19?/m1/s1. The molecule has 0 spiro atoms. The molecule has 0 saturated carbocycles. The molecule has 0 aliphatic carbocycles. The second kappa shape index (κ2) is 11.1. The van der Waals surface area contributed by atoms with E-state index in [0.29, 0.717) is 18.0 Å². The van der Waals surface area contributed by atoms with E-state index in [4.69, 9.17) is 0 Å². The highest BCUT2D eigenvalue weighted by Gasteiger charge is 2.26. The van der Waals surface area contributed by atoms with Crippen molar-refractivity contribution in [2.75, 3.05) is 43.5 Å². The summed E-state index contributed by atoms with van der Waals surface area (Å²) in [6.07, 6.45) is 5.10. The van der Waals surface area contributed by atoms with Crippen LogP contribution in [-0.2, 0) is 0 Å². The molecule has 4 aromatic rings. The maximum absolute atomic E-state index is 12.3. The minimum atomic E-state index is -0.114. The molecule has 196 valence electrons. The van der Waals surface area contributed by atoms with E-state index in [-0.39, 0.29) is 24.3 Å². The molecule has 9 nitrogen and oxygen atoms in total. The third-order valence-corrected chi connectivity index (χ3v) is 7.47. The predicted molar refractivity (Wildman–Crippen MR) is 149 cm³/mol. The van der Waals surface area contributed by atoms with Crippen molar-refractivity contribution >= 4 is 28.4 Å². The van der Waals surface area contributed by atoms with Crippen LogP contribution in [0.2, 0.25) is 0 Å². The monoisotopic (exact) mass is 511 g/mol. The number of nitrogens with one attached hydrogen (secondary N) is 2. The molecule has 1 unspecified atom stereocenters. The molecule has 2 atom stereocenters. The predicted octanol–water partition coefficient (Wildman–Crippen LogP) is 3.73. The van der Waals surface area contributed by atoms with E-state index in [1.807, 2.05) is 36.5 Å². The Morgan fingerprint density at radius 2 is 1.95 bits per heavy atom. The maximum atomic E-state index is 12.3. The van der Waals surface area contributed by atoms with Crippen LogP contribution in [-0.4, -0.2) is 64.2 Å². The van der Waals surface area contributed by atoms with Crippen molar-refractivity contribution in [2.24, 2.45) is 11.8 Å². The molecule has 1 amide bonds. The van der Waals surface area contributed by atoms with Gasteiger partial charge < -0.3 is 20.6 Å². The zero-order valence-corrected chi connectivity index (χ0v) is 21.9. The molecule has 1 aliphatic heterocycles. The lowest BCUT2D eigenvalue weighted by Gasteiger charge is -2.39. The summed E-state index contributed by atoms with van der Waals surface area (Å²) in [5.74, 6) is 2.36. The van der Waals surface area contributed by atoms with Crippen molar-refractivity contribution in [2.45, 2.75) is 19.8 Å². The number of carbonyl (C=O) groups excluding carboxylic acids is 1. The number of pyridine rings is 2. The van der Waals surface area contributed by atoms with Gasteiger partial charge >= 0.3 is 0 Å². The highest BCUT2D eigenvalue weighted by atomic mass is 16.3. The van der Waals surface area contributed by atoms with Crippen LogP contribution in [0.4, 0.5) is 11.6 Å². The average Bonchev–Trinajstić information content (AvgIpc) is 2.94. The molecular formula is C29H33N7O2. The van der Waals surface area contributed by atoms with Gasteiger partial charge in [-0.2, -0.15) is 0 Å². The van der Waals surface area contributed by atoms with E-state index in [1.54, 1.807) is 25.6 Å².